The summed E-state index contributed by atoms with van der Waals surface area (Å²) in [5.74, 6) is 0. The normalized spacial score (nSPS) is 28.3. The molecule has 1 aliphatic carbocycles. The van der Waals surface area contributed by atoms with Gasteiger partial charge in [-0.2, -0.15) is 0 Å². The van der Waals surface area contributed by atoms with E-state index < -0.39 is 0 Å². The lowest BCUT2D eigenvalue weighted by Gasteiger charge is -2.52. The summed E-state index contributed by atoms with van der Waals surface area (Å²) in [5, 5.41) is 3.78. The van der Waals surface area contributed by atoms with E-state index in [1.807, 2.05) is 0 Å². The van der Waals surface area contributed by atoms with Crippen LogP contribution in [0.3, 0.4) is 0 Å². The Hall–Kier alpha value is -0.340. The molecule has 2 nitrogen and oxygen atoms in total. The predicted octanol–water partition coefficient (Wildman–Crippen LogP) is 3.34. The summed E-state index contributed by atoms with van der Waals surface area (Å²) in [4.78, 5) is 2.78. The van der Waals surface area contributed by atoms with Gasteiger partial charge in [-0.25, -0.2) is 0 Å². The number of hydrogen-bond donors (Lipinski definition) is 1. The Morgan fingerprint density at radius 2 is 2.00 bits per heavy atom. The van der Waals surface area contributed by atoms with Gasteiger partial charge in [0.25, 0.3) is 0 Å². The quantitative estimate of drug-likeness (QED) is 0.773. The van der Waals surface area contributed by atoms with Crippen LogP contribution >= 0.6 is 0 Å². The molecular formula is C16H30N2. The highest BCUT2D eigenvalue weighted by molar-refractivity contribution is 5.04. The molecule has 104 valence electrons. The third-order valence-electron chi connectivity index (χ3n) is 4.83. The number of nitrogens with one attached hydrogen (secondary N) is 1. The van der Waals surface area contributed by atoms with Gasteiger partial charge in [0, 0.05) is 31.2 Å². The molecular weight excluding hydrogens is 220 g/mol. The summed E-state index contributed by atoms with van der Waals surface area (Å²) in [5.41, 5.74) is 1.92. The molecule has 1 heterocycles. The SMILES string of the molecule is CCC1CN(CC=C(C)C)C2(CCCCC2)CN1. The van der Waals surface area contributed by atoms with E-state index in [9.17, 15) is 0 Å². The van der Waals surface area contributed by atoms with E-state index in [-0.39, 0.29) is 0 Å². The summed E-state index contributed by atoms with van der Waals surface area (Å²) in [6, 6.07) is 0.697. The fraction of sp³-hybridized carbons (Fsp3) is 0.875. The zero-order valence-corrected chi connectivity index (χ0v) is 12.5. The first-order valence-corrected chi connectivity index (χ1v) is 7.78. The second-order valence-electron chi connectivity index (χ2n) is 6.46. The summed E-state index contributed by atoms with van der Waals surface area (Å²) in [6.07, 6.45) is 10.7. The van der Waals surface area contributed by atoms with Crippen LogP contribution in [-0.4, -0.2) is 36.1 Å². The predicted molar refractivity (Wildman–Crippen MR) is 78.9 cm³/mol. The number of piperazine rings is 1. The monoisotopic (exact) mass is 250 g/mol. The standard InChI is InChI=1S/C16H30N2/c1-4-15-12-18(11-8-14(2)3)16(13-17-15)9-6-5-7-10-16/h8,15,17H,4-7,9-13H2,1-3H3. The molecule has 1 atom stereocenters. The van der Waals surface area contributed by atoms with Crippen LogP contribution in [0, 0.1) is 0 Å². The third kappa shape index (κ3) is 3.16. The van der Waals surface area contributed by atoms with Crippen molar-refractivity contribution in [1.29, 1.82) is 0 Å². The van der Waals surface area contributed by atoms with Crippen molar-refractivity contribution in [2.75, 3.05) is 19.6 Å². The molecule has 2 fully saturated rings. The highest BCUT2D eigenvalue weighted by Crippen LogP contribution is 2.35. The Kier molecular flexibility index (Phi) is 4.85. The topological polar surface area (TPSA) is 15.3 Å². The highest BCUT2D eigenvalue weighted by atomic mass is 15.3. The van der Waals surface area contributed by atoms with Crippen LogP contribution in [0.2, 0.25) is 0 Å². The first kappa shape index (κ1) is 14.1. The Balaban J connectivity index is 2.07. The van der Waals surface area contributed by atoms with Crippen molar-refractivity contribution in [3.05, 3.63) is 11.6 Å². The van der Waals surface area contributed by atoms with Crippen molar-refractivity contribution < 1.29 is 0 Å². The average molecular weight is 250 g/mol. The molecule has 0 aromatic rings. The van der Waals surface area contributed by atoms with Crippen LogP contribution in [0.15, 0.2) is 11.6 Å². The minimum Gasteiger partial charge on any atom is -0.311 e. The average Bonchev–Trinajstić information content (AvgIpc) is 2.39. The van der Waals surface area contributed by atoms with Crippen molar-refractivity contribution in [2.24, 2.45) is 0 Å². The summed E-state index contributed by atoms with van der Waals surface area (Å²) in [7, 11) is 0. The largest absolute Gasteiger partial charge is 0.311 e. The third-order valence-corrected chi connectivity index (χ3v) is 4.83. The van der Waals surface area contributed by atoms with Gasteiger partial charge in [0.1, 0.15) is 0 Å². The van der Waals surface area contributed by atoms with E-state index in [1.54, 1.807) is 0 Å². The maximum atomic E-state index is 3.78. The fourth-order valence-electron chi connectivity index (χ4n) is 3.51. The van der Waals surface area contributed by atoms with Crippen LogP contribution in [0.25, 0.3) is 0 Å². The molecule has 0 bridgehead atoms. The first-order chi connectivity index (χ1) is 8.66. The van der Waals surface area contributed by atoms with Gasteiger partial charge in [-0.05, 0) is 33.1 Å². The Labute approximate surface area is 113 Å². The number of nitrogens with zero attached hydrogens (tertiary/aromatic N) is 1. The van der Waals surface area contributed by atoms with Crippen molar-refractivity contribution >= 4 is 0 Å². The zero-order chi connectivity index (χ0) is 13.0. The smallest absolute Gasteiger partial charge is 0.0338 e. The van der Waals surface area contributed by atoms with E-state index in [2.05, 4.69) is 37.1 Å². The Morgan fingerprint density at radius 3 is 2.61 bits per heavy atom. The van der Waals surface area contributed by atoms with Gasteiger partial charge in [-0.3, -0.25) is 4.90 Å². The molecule has 0 aromatic carbocycles. The molecule has 2 rings (SSSR count). The van der Waals surface area contributed by atoms with Crippen LogP contribution in [-0.2, 0) is 0 Å². The van der Waals surface area contributed by atoms with Crippen molar-refractivity contribution in [3.8, 4) is 0 Å². The molecule has 0 aromatic heterocycles. The maximum Gasteiger partial charge on any atom is 0.0338 e. The molecule has 2 heteroatoms. The van der Waals surface area contributed by atoms with Crippen molar-refractivity contribution in [2.45, 2.75) is 70.9 Å². The minimum atomic E-state index is 0.468. The van der Waals surface area contributed by atoms with Gasteiger partial charge in [0.05, 0.1) is 0 Å². The second-order valence-corrected chi connectivity index (χ2v) is 6.46. The number of rotatable bonds is 3. The molecule has 0 amide bonds. The van der Waals surface area contributed by atoms with E-state index in [0.29, 0.717) is 11.6 Å². The summed E-state index contributed by atoms with van der Waals surface area (Å²) >= 11 is 0. The van der Waals surface area contributed by atoms with Crippen LogP contribution in [0.5, 0.6) is 0 Å². The van der Waals surface area contributed by atoms with Crippen LogP contribution in [0.4, 0.5) is 0 Å². The molecule has 0 radical (unpaired) electrons. The molecule has 1 spiro atoms. The summed E-state index contributed by atoms with van der Waals surface area (Å²) < 4.78 is 0. The molecule has 1 unspecified atom stereocenters. The number of hydrogen-bond acceptors (Lipinski definition) is 2. The fourth-order valence-corrected chi connectivity index (χ4v) is 3.51. The van der Waals surface area contributed by atoms with E-state index in [4.69, 9.17) is 0 Å². The molecule has 1 aliphatic heterocycles. The Morgan fingerprint density at radius 1 is 1.28 bits per heavy atom. The van der Waals surface area contributed by atoms with Crippen molar-refractivity contribution in [1.82, 2.24) is 10.2 Å². The minimum absolute atomic E-state index is 0.468. The van der Waals surface area contributed by atoms with Gasteiger partial charge in [0.15, 0.2) is 0 Å². The lowest BCUT2D eigenvalue weighted by Crippen LogP contribution is -2.65. The van der Waals surface area contributed by atoms with Crippen molar-refractivity contribution in [3.63, 3.8) is 0 Å². The molecule has 1 saturated carbocycles. The van der Waals surface area contributed by atoms with E-state index >= 15 is 0 Å². The molecule has 2 aliphatic rings. The lowest BCUT2D eigenvalue weighted by molar-refractivity contribution is 0.0186. The van der Waals surface area contributed by atoms with Crippen LogP contribution in [0.1, 0.15) is 59.3 Å². The first-order valence-electron chi connectivity index (χ1n) is 7.78. The van der Waals surface area contributed by atoms with Crippen LogP contribution < -0.4 is 5.32 Å². The van der Waals surface area contributed by atoms with Gasteiger partial charge in [-0.1, -0.05) is 37.8 Å². The van der Waals surface area contributed by atoms with Gasteiger partial charge >= 0.3 is 0 Å². The maximum absolute atomic E-state index is 3.78. The Bertz CT molecular complexity index is 285. The van der Waals surface area contributed by atoms with E-state index in [1.165, 1.54) is 57.2 Å². The van der Waals surface area contributed by atoms with Gasteiger partial charge < -0.3 is 5.32 Å². The highest BCUT2D eigenvalue weighted by Gasteiger charge is 2.41. The number of allylic oxidation sites excluding steroid dienone is 1. The van der Waals surface area contributed by atoms with Gasteiger partial charge in [0.2, 0.25) is 0 Å². The molecule has 18 heavy (non-hydrogen) atoms. The van der Waals surface area contributed by atoms with E-state index in [0.717, 1.165) is 6.54 Å². The van der Waals surface area contributed by atoms with Gasteiger partial charge in [-0.15, -0.1) is 0 Å². The molecule has 1 saturated heterocycles. The summed E-state index contributed by atoms with van der Waals surface area (Å²) in [6.45, 7) is 10.3. The molecule has 1 N–H and O–H groups in total. The zero-order valence-electron chi connectivity index (χ0n) is 12.5. The lowest BCUT2D eigenvalue weighted by atomic mass is 9.78. The second kappa shape index (κ2) is 6.21.